The van der Waals surface area contributed by atoms with E-state index in [1.165, 1.54) is 37.8 Å². The standard InChI is InChI=1S/C16H31N/c1-7-16-15(9-8-14(6)12(2)3)10-11-17(16)13(4)5/h12-13,15-16H,6-11H2,1-5H3. The maximum absolute atomic E-state index is 4.21. The number of rotatable bonds is 6. The number of nitrogens with zero attached hydrogens (tertiary/aromatic N) is 1. The van der Waals surface area contributed by atoms with E-state index in [1.807, 2.05) is 0 Å². The summed E-state index contributed by atoms with van der Waals surface area (Å²) >= 11 is 0. The van der Waals surface area contributed by atoms with E-state index in [0.29, 0.717) is 12.0 Å². The van der Waals surface area contributed by atoms with Crippen LogP contribution >= 0.6 is 0 Å². The highest BCUT2D eigenvalue weighted by Gasteiger charge is 2.33. The third-order valence-electron chi connectivity index (χ3n) is 4.46. The highest BCUT2D eigenvalue weighted by Crippen LogP contribution is 2.33. The van der Waals surface area contributed by atoms with E-state index in [0.717, 1.165) is 12.0 Å². The minimum Gasteiger partial charge on any atom is -0.298 e. The Kier molecular flexibility index (Phi) is 5.72. The van der Waals surface area contributed by atoms with E-state index in [4.69, 9.17) is 0 Å². The van der Waals surface area contributed by atoms with Crippen LogP contribution in [0.4, 0.5) is 0 Å². The molecule has 1 heteroatoms. The van der Waals surface area contributed by atoms with Gasteiger partial charge in [-0.3, -0.25) is 4.90 Å². The molecule has 0 spiro atoms. The Balaban J connectivity index is 2.47. The Labute approximate surface area is 108 Å². The summed E-state index contributed by atoms with van der Waals surface area (Å²) in [5, 5.41) is 0. The Bertz CT molecular complexity index is 242. The summed E-state index contributed by atoms with van der Waals surface area (Å²) in [6.45, 7) is 17.0. The van der Waals surface area contributed by atoms with Crippen molar-refractivity contribution in [2.24, 2.45) is 11.8 Å². The van der Waals surface area contributed by atoms with Gasteiger partial charge >= 0.3 is 0 Å². The molecule has 0 N–H and O–H groups in total. The van der Waals surface area contributed by atoms with Crippen molar-refractivity contribution in [1.29, 1.82) is 0 Å². The average molecular weight is 237 g/mol. The van der Waals surface area contributed by atoms with Gasteiger partial charge in [-0.05, 0) is 57.9 Å². The fourth-order valence-electron chi connectivity index (χ4n) is 3.15. The summed E-state index contributed by atoms with van der Waals surface area (Å²) in [4.78, 5) is 2.70. The second-order valence-electron chi connectivity index (χ2n) is 6.21. The van der Waals surface area contributed by atoms with Gasteiger partial charge in [-0.25, -0.2) is 0 Å². The molecular formula is C16H31N. The van der Waals surface area contributed by atoms with Crippen molar-refractivity contribution >= 4 is 0 Å². The van der Waals surface area contributed by atoms with Crippen molar-refractivity contribution < 1.29 is 0 Å². The van der Waals surface area contributed by atoms with Gasteiger partial charge in [0, 0.05) is 12.1 Å². The van der Waals surface area contributed by atoms with Gasteiger partial charge in [0.25, 0.3) is 0 Å². The molecule has 1 saturated heterocycles. The fraction of sp³-hybridized carbons (Fsp3) is 0.875. The molecule has 17 heavy (non-hydrogen) atoms. The van der Waals surface area contributed by atoms with Crippen molar-refractivity contribution in [3.63, 3.8) is 0 Å². The Morgan fingerprint density at radius 1 is 1.29 bits per heavy atom. The molecule has 2 atom stereocenters. The lowest BCUT2D eigenvalue weighted by molar-refractivity contribution is 0.174. The summed E-state index contributed by atoms with van der Waals surface area (Å²) in [6.07, 6.45) is 5.27. The molecule has 0 aliphatic carbocycles. The van der Waals surface area contributed by atoms with Gasteiger partial charge in [0.15, 0.2) is 0 Å². The molecule has 0 aromatic rings. The number of hydrogen-bond acceptors (Lipinski definition) is 1. The summed E-state index contributed by atoms with van der Waals surface area (Å²) in [5.41, 5.74) is 1.43. The summed E-state index contributed by atoms with van der Waals surface area (Å²) < 4.78 is 0. The molecule has 0 radical (unpaired) electrons. The second-order valence-corrected chi connectivity index (χ2v) is 6.21. The van der Waals surface area contributed by atoms with Crippen LogP contribution in [0.25, 0.3) is 0 Å². The maximum Gasteiger partial charge on any atom is 0.0124 e. The molecule has 1 aliphatic heterocycles. The minimum absolute atomic E-state index is 0.651. The fourth-order valence-corrected chi connectivity index (χ4v) is 3.15. The highest BCUT2D eigenvalue weighted by atomic mass is 15.2. The first-order valence-corrected chi connectivity index (χ1v) is 7.40. The van der Waals surface area contributed by atoms with Crippen LogP contribution in [0.3, 0.4) is 0 Å². The molecule has 0 amide bonds. The van der Waals surface area contributed by atoms with E-state index >= 15 is 0 Å². The lowest BCUT2D eigenvalue weighted by Crippen LogP contribution is -2.37. The third-order valence-corrected chi connectivity index (χ3v) is 4.46. The zero-order chi connectivity index (χ0) is 13.0. The first-order valence-electron chi connectivity index (χ1n) is 7.40. The van der Waals surface area contributed by atoms with Crippen LogP contribution in [-0.4, -0.2) is 23.5 Å². The first-order chi connectivity index (χ1) is 7.97. The summed E-state index contributed by atoms with van der Waals surface area (Å²) in [7, 11) is 0. The number of hydrogen-bond donors (Lipinski definition) is 0. The van der Waals surface area contributed by atoms with Gasteiger partial charge in [0.05, 0.1) is 0 Å². The van der Waals surface area contributed by atoms with Gasteiger partial charge in [-0.1, -0.05) is 32.9 Å². The van der Waals surface area contributed by atoms with Crippen LogP contribution in [0, 0.1) is 11.8 Å². The van der Waals surface area contributed by atoms with Gasteiger partial charge in [-0.15, -0.1) is 0 Å². The van der Waals surface area contributed by atoms with Crippen LogP contribution in [0.5, 0.6) is 0 Å². The van der Waals surface area contributed by atoms with Crippen LogP contribution in [0.15, 0.2) is 12.2 Å². The molecule has 1 nitrogen and oxygen atoms in total. The predicted molar refractivity (Wildman–Crippen MR) is 77.2 cm³/mol. The number of allylic oxidation sites excluding steroid dienone is 1. The molecule has 2 unspecified atom stereocenters. The Morgan fingerprint density at radius 3 is 2.41 bits per heavy atom. The monoisotopic (exact) mass is 237 g/mol. The lowest BCUT2D eigenvalue weighted by Gasteiger charge is -2.30. The molecule has 1 aliphatic rings. The average Bonchev–Trinajstić information content (AvgIpc) is 2.68. The van der Waals surface area contributed by atoms with Gasteiger partial charge in [-0.2, -0.15) is 0 Å². The van der Waals surface area contributed by atoms with Crippen molar-refractivity contribution in [3.8, 4) is 0 Å². The molecule has 1 heterocycles. The molecule has 1 rings (SSSR count). The zero-order valence-electron chi connectivity index (χ0n) is 12.5. The molecular weight excluding hydrogens is 206 g/mol. The predicted octanol–water partition coefficient (Wildman–Crippen LogP) is 4.49. The minimum atomic E-state index is 0.651. The molecule has 0 aromatic carbocycles. The van der Waals surface area contributed by atoms with Gasteiger partial charge < -0.3 is 0 Å². The van der Waals surface area contributed by atoms with E-state index in [2.05, 4.69) is 46.1 Å². The van der Waals surface area contributed by atoms with Crippen LogP contribution in [0.2, 0.25) is 0 Å². The quantitative estimate of drug-likeness (QED) is 0.615. The molecule has 1 fully saturated rings. The van der Waals surface area contributed by atoms with E-state index in [9.17, 15) is 0 Å². The lowest BCUT2D eigenvalue weighted by atomic mass is 9.89. The maximum atomic E-state index is 4.21. The van der Waals surface area contributed by atoms with Crippen molar-refractivity contribution in [2.75, 3.05) is 6.54 Å². The highest BCUT2D eigenvalue weighted by molar-refractivity contribution is 4.99. The van der Waals surface area contributed by atoms with Crippen molar-refractivity contribution in [1.82, 2.24) is 4.90 Å². The SMILES string of the molecule is C=C(CCC1CCN(C(C)C)C1CC)C(C)C. The summed E-state index contributed by atoms with van der Waals surface area (Å²) in [6, 6.07) is 1.52. The first kappa shape index (κ1) is 14.8. The second kappa shape index (κ2) is 6.58. The molecule has 100 valence electrons. The zero-order valence-corrected chi connectivity index (χ0v) is 12.5. The van der Waals surface area contributed by atoms with E-state index in [-0.39, 0.29) is 0 Å². The van der Waals surface area contributed by atoms with Gasteiger partial charge in [0.2, 0.25) is 0 Å². The van der Waals surface area contributed by atoms with E-state index in [1.54, 1.807) is 0 Å². The third kappa shape index (κ3) is 3.84. The summed E-state index contributed by atoms with van der Waals surface area (Å²) in [5.74, 6) is 1.55. The number of likely N-dealkylation sites (tertiary alicyclic amines) is 1. The van der Waals surface area contributed by atoms with Crippen LogP contribution in [0.1, 0.15) is 60.3 Å². The van der Waals surface area contributed by atoms with Crippen LogP contribution < -0.4 is 0 Å². The Hall–Kier alpha value is -0.300. The Morgan fingerprint density at radius 2 is 1.94 bits per heavy atom. The largest absolute Gasteiger partial charge is 0.298 e. The molecule has 0 saturated carbocycles. The normalized spacial score (nSPS) is 26.1. The van der Waals surface area contributed by atoms with Gasteiger partial charge in [0.1, 0.15) is 0 Å². The smallest absolute Gasteiger partial charge is 0.0124 e. The van der Waals surface area contributed by atoms with Crippen molar-refractivity contribution in [3.05, 3.63) is 12.2 Å². The van der Waals surface area contributed by atoms with Crippen molar-refractivity contribution in [2.45, 2.75) is 72.4 Å². The van der Waals surface area contributed by atoms with E-state index < -0.39 is 0 Å². The molecule has 0 aromatic heterocycles. The van der Waals surface area contributed by atoms with Crippen LogP contribution in [-0.2, 0) is 0 Å². The molecule has 0 bridgehead atoms. The topological polar surface area (TPSA) is 3.24 Å².